The van der Waals surface area contributed by atoms with E-state index in [1.165, 1.54) is 29.2 Å². The minimum atomic E-state index is -1.92. The molecule has 11 N–H and O–H groups in total. The Labute approximate surface area is 275 Å². The van der Waals surface area contributed by atoms with Crippen LogP contribution in [-0.4, -0.2) is 91.8 Å². The molecule has 18 nitrogen and oxygen atoms in total. The molecule has 1 aromatic heterocycles. The van der Waals surface area contributed by atoms with Gasteiger partial charge in [-0.05, 0) is 64.3 Å². The fourth-order valence-electron chi connectivity index (χ4n) is 5.06. The van der Waals surface area contributed by atoms with Crippen LogP contribution in [0.15, 0.2) is 24.3 Å². The van der Waals surface area contributed by atoms with Crippen molar-refractivity contribution >= 4 is 59.0 Å². The monoisotopic (exact) mass is 672 g/mol. The van der Waals surface area contributed by atoms with Crippen LogP contribution in [0.4, 0.5) is 28.1 Å². The van der Waals surface area contributed by atoms with Crippen molar-refractivity contribution in [1.82, 2.24) is 15.3 Å². The summed E-state index contributed by atoms with van der Waals surface area (Å²) in [5.74, 6) is -7.75. The molecule has 0 radical (unpaired) electrons. The molecule has 2 unspecified atom stereocenters. The van der Waals surface area contributed by atoms with Gasteiger partial charge in [-0.25, -0.2) is 4.79 Å². The van der Waals surface area contributed by atoms with E-state index in [0.29, 0.717) is 30.0 Å². The summed E-state index contributed by atoms with van der Waals surface area (Å²) in [6.45, 7) is 5.77. The highest BCUT2D eigenvalue weighted by atomic mass is 16.6. The van der Waals surface area contributed by atoms with Crippen molar-refractivity contribution in [2.45, 2.75) is 70.1 Å². The highest BCUT2D eigenvalue weighted by molar-refractivity contribution is 6.05. The summed E-state index contributed by atoms with van der Waals surface area (Å²) in [6.07, 6.45) is -2.07. The maximum atomic E-state index is 13.3. The number of anilines is 4. The lowest BCUT2D eigenvalue weighted by molar-refractivity contribution is -0.148. The second kappa shape index (κ2) is 15.4. The van der Waals surface area contributed by atoms with Gasteiger partial charge in [0.25, 0.3) is 5.91 Å². The second-order valence-corrected chi connectivity index (χ2v) is 12.2. The fourth-order valence-corrected chi connectivity index (χ4v) is 5.06. The number of nitrogens with zero attached hydrogens (tertiary/aromatic N) is 3. The Kier molecular flexibility index (Phi) is 11.8. The number of benzene rings is 1. The summed E-state index contributed by atoms with van der Waals surface area (Å²) in [5, 5.41) is 33.3. The van der Waals surface area contributed by atoms with E-state index in [-0.39, 0.29) is 29.8 Å². The van der Waals surface area contributed by atoms with Gasteiger partial charge in [-0.15, -0.1) is 0 Å². The molecule has 2 heterocycles. The Hall–Kier alpha value is -5.52. The fraction of sp³-hybridized carbons (Fsp3) is 0.467. The first kappa shape index (κ1) is 36.9. The number of nitrogens with one attached hydrogen (secondary N) is 2. The van der Waals surface area contributed by atoms with Crippen molar-refractivity contribution in [3.63, 3.8) is 0 Å². The number of carbonyl (C=O) groups is 6. The van der Waals surface area contributed by atoms with E-state index in [1.807, 2.05) is 0 Å². The third-order valence-electron chi connectivity index (χ3n) is 7.42. The Morgan fingerprint density at radius 2 is 1.69 bits per heavy atom. The van der Waals surface area contributed by atoms with E-state index < -0.39 is 78.6 Å². The smallest absolute Gasteiger partial charge is 0.414 e. The number of fused-ring (bicyclic) bond motifs is 1. The highest BCUT2D eigenvalue weighted by Crippen LogP contribution is 2.36. The van der Waals surface area contributed by atoms with Crippen molar-refractivity contribution < 1.29 is 48.8 Å². The molecule has 0 bridgehead atoms. The second-order valence-electron chi connectivity index (χ2n) is 12.2. The van der Waals surface area contributed by atoms with E-state index in [1.54, 1.807) is 20.8 Å². The zero-order valence-corrected chi connectivity index (χ0v) is 26.6. The van der Waals surface area contributed by atoms with Gasteiger partial charge in [0.05, 0.1) is 6.04 Å². The van der Waals surface area contributed by atoms with E-state index in [2.05, 4.69) is 20.6 Å². The number of nitrogen functional groups attached to an aromatic ring is 2. The molecule has 3 rings (SSSR count). The number of aromatic nitrogens is 2. The largest absolute Gasteiger partial charge is 0.481 e. The van der Waals surface area contributed by atoms with Crippen LogP contribution >= 0.6 is 0 Å². The molecule has 2 aromatic rings. The number of aliphatic carboxylic acids is 3. The lowest BCUT2D eigenvalue weighted by Gasteiger charge is -2.28. The molecule has 0 saturated heterocycles. The normalized spacial score (nSPS) is 15.6. The van der Waals surface area contributed by atoms with Gasteiger partial charge in [-0.3, -0.25) is 28.9 Å². The van der Waals surface area contributed by atoms with E-state index in [4.69, 9.17) is 32.2 Å². The van der Waals surface area contributed by atoms with Gasteiger partial charge in [-0.1, -0.05) is 0 Å². The first-order chi connectivity index (χ1) is 22.4. The Morgan fingerprint density at radius 1 is 1.04 bits per heavy atom. The summed E-state index contributed by atoms with van der Waals surface area (Å²) in [4.78, 5) is 83.4. The lowest BCUT2D eigenvalue weighted by atomic mass is 9.89. The molecule has 1 aliphatic heterocycles. The maximum Gasteiger partial charge on any atom is 0.414 e. The molecule has 1 aromatic carbocycles. The van der Waals surface area contributed by atoms with Crippen LogP contribution in [0.25, 0.3) is 0 Å². The molecule has 2 amide bonds. The van der Waals surface area contributed by atoms with Crippen LogP contribution in [0, 0.1) is 5.92 Å². The number of hydrogen-bond donors (Lipinski definition) is 8. The van der Waals surface area contributed by atoms with Crippen molar-refractivity contribution in [1.29, 1.82) is 0 Å². The third kappa shape index (κ3) is 9.74. The minimum absolute atomic E-state index is 0.00144. The minimum Gasteiger partial charge on any atom is -0.481 e. The standard InChI is InChI=1S/C30H40N8O10/c1-30(2,3)48-29(47)38(11-10-15-13-34-24-21(15)23(32)36-28(33)37-24)16-6-4-14(5-7-16)25(42)35-19(8-9-20(39)40)22(41)17(26(43)44)12-18(31)27(45)46/h4-7,15,17-19H,8-13,31H2,1-3H3,(H,35,42)(H,39,40)(H,43,44)(H,45,46)(H5,32,33,34,36,37)/t15?,17?,18-,19-/m0/s1. The molecule has 260 valence electrons. The Morgan fingerprint density at radius 3 is 2.25 bits per heavy atom. The van der Waals surface area contributed by atoms with E-state index >= 15 is 0 Å². The molecular weight excluding hydrogens is 632 g/mol. The van der Waals surface area contributed by atoms with E-state index in [9.17, 15) is 33.9 Å². The quantitative estimate of drug-likeness (QED) is 0.122. The van der Waals surface area contributed by atoms with Gasteiger partial charge in [0, 0.05) is 42.2 Å². The maximum absolute atomic E-state index is 13.3. The number of carboxylic acid groups (broad SMARTS) is 3. The van der Waals surface area contributed by atoms with Crippen molar-refractivity contribution in [3.8, 4) is 0 Å². The van der Waals surface area contributed by atoms with Crippen LogP contribution in [-0.2, 0) is 23.9 Å². The number of carboxylic acids is 3. The van der Waals surface area contributed by atoms with Crippen molar-refractivity contribution in [2.75, 3.05) is 34.8 Å². The van der Waals surface area contributed by atoms with Crippen LogP contribution in [0.1, 0.15) is 68.3 Å². The van der Waals surface area contributed by atoms with Gasteiger partial charge in [0.15, 0.2) is 5.78 Å². The van der Waals surface area contributed by atoms with Gasteiger partial charge >= 0.3 is 24.0 Å². The number of rotatable bonds is 15. The molecule has 0 fully saturated rings. The predicted octanol–water partition coefficient (Wildman–Crippen LogP) is 1.02. The average Bonchev–Trinajstić information content (AvgIpc) is 3.39. The average molecular weight is 673 g/mol. The third-order valence-corrected chi connectivity index (χ3v) is 7.42. The molecule has 0 saturated carbocycles. The number of Topliss-reactive ketones (excluding diaryl/α,β-unsaturated/α-hetero) is 1. The number of ether oxygens (including phenoxy) is 1. The highest BCUT2D eigenvalue weighted by Gasteiger charge is 2.36. The number of carbonyl (C=O) groups excluding carboxylic acids is 3. The zero-order chi connectivity index (χ0) is 35.9. The summed E-state index contributed by atoms with van der Waals surface area (Å²) in [5.41, 5.74) is 17.5. The summed E-state index contributed by atoms with van der Waals surface area (Å²) in [7, 11) is 0. The van der Waals surface area contributed by atoms with Crippen molar-refractivity contribution in [2.24, 2.45) is 11.7 Å². The molecule has 1 aliphatic rings. The number of amides is 2. The van der Waals surface area contributed by atoms with Crippen LogP contribution in [0.3, 0.4) is 0 Å². The molecule has 0 spiro atoms. The first-order valence-corrected chi connectivity index (χ1v) is 14.9. The van der Waals surface area contributed by atoms with Gasteiger partial charge < -0.3 is 47.9 Å². The van der Waals surface area contributed by atoms with Crippen LogP contribution in [0.5, 0.6) is 0 Å². The number of nitrogens with two attached hydrogens (primary N) is 3. The van der Waals surface area contributed by atoms with Gasteiger partial charge in [-0.2, -0.15) is 9.97 Å². The summed E-state index contributed by atoms with van der Waals surface area (Å²) in [6, 6.07) is 2.39. The van der Waals surface area contributed by atoms with Crippen LogP contribution < -0.4 is 32.7 Å². The molecule has 4 atom stereocenters. The zero-order valence-electron chi connectivity index (χ0n) is 26.6. The lowest BCUT2D eigenvalue weighted by Crippen LogP contribution is -2.47. The molecule has 18 heteroatoms. The van der Waals surface area contributed by atoms with Gasteiger partial charge in [0.1, 0.15) is 29.2 Å². The molecule has 0 aliphatic carbocycles. The number of ketones is 1. The van der Waals surface area contributed by atoms with E-state index in [0.717, 1.165) is 0 Å². The summed E-state index contributed by atoms with van der Waals surface area (Å²) < 4.78 is 5.61. The Bertz CT molecular complexity index is 1560. The topological polar surface area (TPSA) is 303 Å². The van der Waals surface area contributed by atoms with Gasteiger partial charge in [0.2, 0.25) is 5.95 Å². The van der Waals surface area contributed by atoms with Crippen molar-refractivity contribution in [3.05, 3.63) is 35.4 Å². The Balaban J connectivity index is 1.82. The van der Waals surface area contributed by atoms with Crippen LogP contribution in [0.2, 0.25) is 0 Å². The first-order valence-electron chi connectivity index (χ1n) is 14.9. The molecule has 48 heavy (non-hydrogen) atoms. The summed E-state index contributed by atoms with van der Waals surface area (Å²) >= 11 is 0. The number of hydrogen-bond acceptors (Lipinski definition) is 13. The predicted molar refractivity (Wildman–Crippen MR) is 171 cm³/mol. The molecular formula is C30H40N8O10. The SMILES string of the molecule is CC(C)(C)OC(=O)N(CCC1CNc2nc(N)nc(N)c21)c1ccc(C(=O)N[C@@H](CCC(=O)O)C(=O)C(C[C@H](N)C(=O)O)C(=O)O)cc1.